The summed E-state index contributed by atoms with van der Waals surface area (Å²) >= 11 is 0. The zero-order chi connectivity index (χ0) is 24.9. The summed E-state index contributed by atoms with van der Waals surface area (Å²) in [4.78, 5) is 36.9. The van der Waals surface area contributed by atoms with Crippen molar-refractivity contribution in [1.29, 1.82) is 0 Å². The van der Waals surface area contributed by atoms with Crippen molar-refractivity contribution in [3.05, 3.63) is 36.0 Å². The van der Waals surface area contributed by atoms with Gasteiger partial charge in [0.15, 0.2) is 6.10 Å². The molecule has 0 spiro atoms. The number of carbonyl (C=O) groups is 3. The fourth-order valence-electron chi connectivity index (χ4n) is 6.84. The molecule has 0 unspecified atom stereocenters. The minimum absolute atomic E-state index is 0.0238. The van der Waals surface area contributed by atoms with Crippen molar-refractivity contribution in [2.75, 3.05) is 0 Å². The lowest BCUT2D eigenvalue weighted by Crippen LogP contribution is -2.62. The van der Waals surface area contributed by atoms with E-state index < -0.39 is 53.2 Å². The van der Waals surface area contributed by atoms with Crippen molar-refractivity contribution < 1.29 is 33.7 Å². The number of aliphatic hydroxyl groups is 1. The van der Waals surface area contributed by atoms with Gasteiger partial charge in [-0.2, -0.15) is 0 Å². The molecule has 2 fully saturated rings. The minimum atomic E-state index is -0.985. The van der Waals surface area contributed by atoms with Gasteiger partial charge in [0, 0.05) is 27.2 Å². The van der Waals surface area contributed by atoms with Crippen molar-refractivity contribution in [3.63, 3.8) is 0 Å². The van der Waals surface area contributed by atoms with Gasteiger partial charge in [-0.1, -0.05) is 37.3 Å². The average Bonchev–Trinajstić information content (AvgIpc) is 2.97. The molecule has 0 aromatic carbocycles. The van der Waals surface area contributed by atoms with Gasteiger partial charge in [-0.3, -0.25) is 14.4 Å². The maximum absolute atomic E-state index is 12.4. The van der Waals surface area contributed by atoms with Gasteiger partial charge in [-0.05, 0) is 44.1 Å². The summed E-state index contributed by atoms with van der Waals surface area (Å²) in [5.41, 5.74) is 0.668. The lowest BCUT2D eigenvalue weighted by Gasteiger charge is -2.53. The molecule has 2 saturated carbocycles. The first-order valence-electron chi connectivity index (χ1n) is 11.5. The average molecular weight is 461 g/mol. The highest BCUT2D eigenvalue weighted by Gasteiger charge is 2.68. The number of rotatable bonds is 4. The molecule has 0 aliphatic heterocycles. The zero-order valence-electron chi connectivity index (χ0n) is 20.5. The minimum Gasteiger partial charge on any atom is -0.462 e. The molecule has 0 saturated heterocycles. The highest BCUT2D eigenvalue weighted by molar-refractivity contribution is 5.68. The van der Waals surface area contributed by atoms with E-state index in [0.29, 0.717) is 12.0 Å². The van der Waals surface area contributed by atoms with Crippen LogP contribution < -0.4 is 0 Å². The van der Waals surface area contributed by atoms with Crippen molar-refractivity contribution in [1.82, 2.24) is 0 Å². The van der Waals surface area contributed by atoms with E-state index in [9.17, 15) is 19.5 Å². The Balaban J connectivity index is 2.35. The van der Waals surface area contributed by atoms with Gasteiger partial charge < -0.3 is 19.3 Å². The van der Waals surface area contributed by atoms with Crippen molar-refractivity contribution in [2.24, 2.45) is 22.7 Å². The number of allylic oxidation sites excluding steroid dienone is 1. The van der Waals surface area contributed by atoms with Crippen LogP contribution >= 0.6 is 0 Å². The number of hydrogen-bond acceptors (Lipinski definition) is 7. The Morgan fingerprint density at radius 1 is 1.00 bits per heavy atom. The van der Waals surface area contributed by atoms with Gasteiger partial charge in [0.05, 0.1) is 16.9 Å². The molecule has 7 heteroatoms. The maximum atomic E-state index is 12.4. The predicted molar refractivity (Wildman–Crippen MR) is 122 cm³/mol. The molecule has 8 atom stereocenters. The van der Waals surface area contributed by atoms with Crippen LogP contribution in [0.5, 0.6) is 0 Å². The summed E-state index contributed by atoms with van der Waals surface area (Å²) in [7, 11) is 0. The smallest absolute Gasteiger partial charge is 0.303 e. The van der Waals surface area contributed by atoms with Gasteiger partial charge in [0.1, 0.15) is 12.2 Å². The van der Waals surface area contributed by atoms with Crippen LogP contribution in [-0.4, -0.2) is 47.4 Å². The molecular weight excluding hydrogens is 424 g/mol. The lowest BCUT2D eigenvalue weighted by atomic mass is 9.58. The van der Waals surface area contributed by atoms with Crippen molar-refractivity contribution in [3.8, 4) is 0 Å². The monoisotopic (exact) mass is 460 g/mol. The first kappa shape index (κ1) is 25.2. The molecule has 0 aromatic heterocycles. The van der Waals surface area contributed by atoms with Crippen molar-refractivity contribution in [2.45, 2.75) is 85.2 Å². The van der Waals surface area contributed by atoms with Crippen LogP contribution in [0.1, 0.15) is 60.8 Å². The van der Waals surface area contributed by atoms with E-state index in [4.69, 9.17) is 14.2 Å². The predicted octanol–water partition coefficient (Wildman–Crippen LogP) is 3.66. The summed E-state index contributed by atoms with van der Waals surface area (Å²) in [5.74, 6) is -1.91. The largest absolute Gasteiger partial charge is 0.462 e. The third-order valence-corrected chi connectivity index (χ3v) is 8.22. The number of hydrogen-bond donors (Lipinski definition) is 1. The van der Waals surface area contributed by atoms with E-state index in [-0.39, 0.29) is 18.3 Å². The second-order valence-corrected chi connectivity index (χ2v) is 10.1. The first-order valence-corrected chi connectivity index (χ1v) is 11.5. The van der Waals surface area contributed by atoms with E-state index in [1.54, 1.807) is 0 Å². The van der Waals surface area contributed by atoms with E-state index in [1.807, 2.05) is 20.8 Å². The summed E-state index contributed by atoms with van der Waals surface area (Å²) in [5, 5.41) is 10.8. The standard InChI is InChI=1S/C26H36O7/c1-13(2)26-14(3)9-10-19(26)11-20-15(4)21(30)12-22(31-16(5)27)25(20,8)23(32-17(6)28)24(26)33-18(7)29/h9,19-24,30H,1,4,10-12H2,2-3,5-8H3/t19-,20+,21-,22-,23-,24-,25-,26+/m0/s1. The molecule has 33 heavy (non-hydrogen) atoms. The third-order valence-electron chi connectivity index (χ3n) is 8.22. The lowest BCUT2D eigenvalue weighted by molar-refractivity contribution is -0.210. The van der Waals surface area contributed by atoms with Crippen LogP contribution in [0.25, 0.3) is 0 Å². The maximum Gasteiger partial charge on any atom is 0.303 e. The summed E-state index contributed by atoms with van der Waals surface area (Å²) in [6.45, 7) is 18.2. The molecule has 0 radical (unpaired) electrons. The molecule has 3 rings (SSSR count). The Morgan fingerprint density at radius 3 is 2.06 bits per heavy atom. The van der Waals surface area contributed by atoms with Gasteiger partial charge in [-0.25, -0.2) is 0 Å². The van der Waals surface area contributed by atoms with Crippen LogP contribution in [0, 0.1) is 22.7 Å². The summed E-state index contributed by atoms with van der Waals surface area (Å²) in [6.07, 6.45) is 0.0675. The first-order chi connectivity index (χ1) is 15.3. The van der Waals surface area contributed by atoms with Crippen LogP contribution in [0.3, 0.4) is 0 Å². The molecule has 0 aromatic rings. The Hall–Kier alpha value is -2.41. The van der Waals surface area contributed by atoms with Crippen LogP contribution in [0.15, 0.2) is 36.0 Å². The molecule has 0 bridgehead atoms. The Bertz CT molecular complexity index is 918. The van der Waals surface area contributed by atoms with Gasteiger partial charge in [0.25, 0.3) is 0 Å². The molecule has 7 nitrogen and oxygen atoms in total. The van der Waals surface area contributed by atoms with Gasteiger partial charge >= 0.3 is 17.9 Å². The molecular formula is C26H36O7. The summed E-state index contributed by atoms with van der Waals surface area (Å²) < 4.78 is 17.7. The Labute approximate surface area is 195 Å². The van der Waals surface area contributed by atoms with Crippen molar-refractivity contribution >= 4 is 17.9 Å². The second kappa shape index (κ2) is 8.75. The highest BCUT2D eigenvalue weighted by atomic mass is 16.6. The number of fused-ring (bicyclic) bond motifs is 2. The quantitative estimate of drug-likeness (QED) is 0.388. The van der Waals surface area contributed by atoms with E-state index in [2.05, 4.69) is 19.2 Å². The topological polar surface area (TPSA) is 99.1 Å². The zero-order valence-corrected chi connectivity index (χ0v) is 20.5. The molecule has 3 aliphatic carbocycles. The Kier molecular flexibility index (Phi) is 6.68. The Morgan fingerprint density at radius 2 is 1.55 bits per heavy atom. The fourth-order valence-corrected chi connectivity index (χ4v) is 6.84. The number of esters is 3. The molecule has 182 valence electrons. The number of aliphatic hydroxyl groups excluding tert-OH is 1. The third kappa shape index (κ3) is 3.84. The van der Waals surface area contributed by atoms with Crippen LogP contribution in [-0.2, 0) is 28.6 Å². The SMILES string of the molecule is C=C1[C@H]2C[C@@H]3CC=C(C)[C@@]3(C(=C)C)[C@@H](OC(C)=O)[C@H](OC(C)=O)[C@]2(C)[C@@H](OC(C)=O)C[C@@H]1O. The van der Waals surface area contributed by atoms with Gasteiger partial charge in [0.2, 0.25) is 0 Å². The van der Waals surface area contributed by atoms with Crippen LogP contribution in [0.2, 0.25) is 0 Å². The highest BCUT2D eigenvalue weighted by Crippen LogP contribution is 2.64. The van der Waals surface area contributed by atoms with E-state index in [1.165, 1.54) is 20.8 Å². The number of carbonyl (C=O) groups excluding carboxylic acids is 3. The normalized spacial score (nSPS) is 40.0. The van der Waals surface area contributed by atoms with Gasteiger partial charge in [-0.15, -0.1) is 0 Å². The van der Waals surface area contributed by atoms with Crippen LogP contribution in [0.4, 0.5) is 0 Å². The molecule has 0 heterocycles. The second-order valence-electron chi connectivity index (χ2n) is 10.1. The molecule has 3 aliphatic rings. The summed E-state index contributed by atoms with van der Waals surface area (Å²) in [6, 6.07) is 0. The fraction of sp³-hybridized carbons (Fsp3) is 0.654. The van der Waals surface area contributed by atoms with E-state index in [0.717, 1.165) is 17.6 Å². The molecule has 1 N–H and O–H groups in total. The molecule has 0 amide bonds. The van der Waals surface area contributed by atoms with E-state index >= 15 is 0 Å². The number of ether oxygens (including phenoxy) is 3.